The van der Waals surface area contributed by atoms with Crippen LogP contribution in [-0.4, -0.2) is 30.6 Å². The Bertz CT molecular complexity index is 188. The number of hydrogen-bond donors (Lipinski definition) is 4. The van der Waals surface area contributed by atoms with Gasteiger partial charge in [0, 0.05) is 0 Å². The fraction of sp³-hybridized carbons (Fsp3) is 0.333. The van der Waals surface area contributed by atoms with Crippen LogP contribution in [0.3, 0.4) is 0 Å². The van der Waals surface area contributed by atoms with Gasteiger partial charge in [-0.3, -0.25) is 9.59 Å². The van der Waals surface area contributed by atoms with Crippen LogP contribution < -0.4 is 5.14 Å². The molecule has 0 rings (SSSR count). The molecule has 0 heterocycles. The fourth-order valence-corrected chi connectivity index (χ4v) is 0.129. The van der Waals surface area contributed by atoms with Crippen molar-refractivity contribution >= 4 is 22.8 Å². The Labute approximate surface area is 63.5 Å². The van der Waals surface area contributed by atoms with Gasteiger partial charge in [0.25, 0.3) is 0 Å². The summed E-state index contributed by atoms with van der Waals surface area (Å²) in [6, 6.07) is 0. The fourth-order valence-electron chi connectivity index (χ4n) is 0.129. The summed E-state index contributed by atoms with van der Waals surface area (Å²) in [7, 11) is -2.62. The summed E-state index contributed by atoms with van der Waals surface area (Å²) in [5, 5.41) is 19.5. The Balaban J connectivity index is 0. The Morgan fingerprint density at radius 3 is 1.36 bits per heavy atom. The van der Waals surface area contributed by atoms with Gasteiger partial charge in [-0.05, 0) is 0 Å². The molecule has 66 valence electrons. The zero-order valence-corrected chi connectivity index (χ0v) is 6.15. The molecule has 0 saturated heterocycles. The molecule has 0 saturated carbocycles. The number of thiol groups is 1. The molecular formula is C3H7NO6S. The van der Waals surface area contributed by atoms with Crippen molar-refractivity contribution in [1.29, 1.82) is 0 Å². The first-order valence-corrected chi connectivity index (χ1v) is 3.43. The maximum atomic E-state index is 9.43. The average molecular weight is 185 g/mol. The molecule has 0 aromatic heterocycles. The summed E-state index contributed by atoms with van der Waals surface area (Å²) in [6.07, 6.45) is -0.806. The molecule has 0 amide bonds. The average Bonchev–Trinajstić information content (AvgIpc) is 1.56. The van der Waals surface area contributed by atoms with Crippen molar-refractivity contribution in [2.24, 2.45) is 5.14 Å². The van der Waals surface area contributed by atoms with E-state index < -0.39 is 29.2 Å². The standard InChI is InChI=1S/C3H4O4.H3NO2S/c4-2(5)1-3(6)7;1-4(2)3/h1H2,(H,4,5)(H,6,7);4H,(H2,1,2,3). The second-order valence-corrected chi connectivity index (χ2v) is 1.82. The van der Waals surface area contributed by atoms with Crippen molar-refractivity contribution in [2.45, 2.75) is 6.42 Å². The highest BCUT2D eigenvalue weighted by Crippen LogP contribution is 1.74. The first-order chi connectivity index (χ1) is 4.86. The van der Waals surface area contributed by atoms with Crippen LogP contribution in [0, 0.1) is 0 Å². The third-order valence-corrected chi connectivity index (χ3v) is 0.302. The molecule has 0 bridgehead atoms. The summed E-state index contributed by atoms with van der Waals surface area (Å²) in [5.41, 5.74) is 0. The third kappa shape index (κ3) is 51.1. The van der Waals surface area contributed by atoms with Gasteiger partial charge in [0.15, 0.2) is 10.9 Å². The summed E-state index contributed by atoms with van der Waals surface area (Å²) in [5.74, 6) is -2.62. The number of carboxylic acids is 2. The van der Waals surface area contributed by atoms with Crippen LogP contribution >= 0.6 is 0 Å². The molecule has 4 N–H and O–H groups in total. The van der Waals surface area contributed by atoms with Gasteiger partial charge in [-0.1, -0.05) is 0 Å². The van der Waals surface area contributed by atoms with E-state index in [1.165, 1.54) is 0 Å². The molecule has 0 atom stereocenters. The van der Waals surface area contributed by atoms with Gasteiger partial charge in [-0.2, -0.15) is 0 Å². The van der Waals surface area contributed by atoms with Crippen LogP contribution in [0.25, 0.3) is 0 Å². The first kappa shape index (κ1) is 12.5. The lowest BCUT2D eigenvalue weighted by Gasteiger charge is -1.80. The lowest BCUT2D eigenvalue weighted by atomic mass is 10.5. The third-order valence-electron chi connectivity index (χ3n) is 0.302. The van der Waals surface area contributed by atoms with E-state index in [-0.39, 0.29) is 0 Å². The minimum atomic E-state index is -2.62. The Morgan fingerprint density at radius 2 is 1.36 bits per heavy atom. The number of hydrogen-bond acceptors (Lipinski definition) is 4. The normalized spacial score (nSPS) is 8.18. The maximum absolute atomic E-state index is 9.43. The van der Waals surface area contributed by atoms with E-state index in [2.05, 4.69) is 5.14 Å². The molecule has 0 spiro atoms. The molecular weight excluding hydrogens is 178 g/mol. The molecule has 0 aromatic rings. The largest absolute Gasteiger partial charge is 0.481 e. The second kappa shape index (κ2) is 6.96. The van der Waals surface area contributed by atoms with Crippen molar-refractivity contribution in [3.63, 3.8) is 0 Å². The lowest BCUT2D eigenvalue weighted by molar-refractivity contribution is -0.147. The zero-order valence-electron chi connectivity index (χ0n) is 5.26. The molecule has 0 aliphatic heterocycles. The Kier molecular flexibility index (Phi) is 7.92. The van der Waals surface area contributed by atoms with E-state index in [9.17, 15) is 9.59 Å². The predicted octanol–water partition coefficient (Wildman–Crippen LogP) is -1.98. The predicted molar refractivity (Wildman–Crippen MR) is 34.4 cm³/mol. The summed E-state index contributed by atoms with van der Waals surface area (Å²) < 4.78 is 17.6. The first-order valence-electron chi connectivity index (χ1n) is 2.19. The lowest BCUT2D eigenvalue weighted by Crippen LogP contribution is -2.03. The Hall–Kier alpha value is -1.15. The minimum absolute atomic E-state index is 0.806. The zero-order chi connectivity index (χ0) is 9.44. The quantitative estimate of drug-likeness (QED) is 0.291. The van der Waals surface area contributed by atoms with E-state index >= 15 is 0 Å². The molecule has 0 aliphatic rings. The molecule has 0 aromatic carbocycles. The van der Waals surface area contributed by atoms with Gasteiger partial charge < -0.3 is 10.2 Å². The van der Waals surface area contributed by atoms with Crippen molar-refractivity contribution in [2.75, 3.05) is 0 Å². The van der Waals surface area contributed by atoms with E-state index in [0.717, 1.165) is 0 Å². The maximum Gasteiger partial charge on any atom is 0.314 e. The van der Waals surface area contributed by atoms with Gasteiger partial charge in [0.2, 0.25) is 0 Å². The highest BCUT2D eigenvalue weighted by atomic mass is 32.2. The molecule has 0 unspecified atom stereocenters. The van der Waals surface area contributed by atoms with E-state index in [4.69, 9.17) is 18.6 Å². The van der Waals surface area contributed by atoms with Crippen LogP contribution in [0.2, 0.25) is 0 Å². The van der Waals surface area contributed by atoms with E-state index in [0.29, 0.717) is 0 Å². The van der Waals surface area contributed by atoms with Gasteiger partial charge in [0.1, 0.15) is 6.42 Å². The van der Waals surface area contributed by atoms with Gasteiger partial charge >= 0.3 is 11.9 Å². The van der Waals surface area contributed by atoms with Gasteiger partial charge in [0.05, 0.1) is 0 Å². The van der Waals surface area contributed by atoms with Crippen LogP contribution in [0.5, 0.6) is 0 Å². The number of rotatable bonds is 2. The number of nitrogens with two attached hydrogens (primary N) is 1. The molecule has 11 heavy (non-hydrogen) atoms. The molecule has 7 nitrogen and oxygen atoms in total. The van der Waals surface area contributed by atoms with Gasteiger partial charge in [-0.15, -0.1) is 0 Å². The molecule has 0 aliphatic carbocycles. The van der Waals surface area contributed by atoms with Gasteiger partial charge in [-0.25, -0.2) is 13.6 Å². The monoisotopic (exact) mass is 185 g/mol. The summed E-state index contributed by atoms with van der Waals surface area (Å²) in [4.78, 5) is 18.9. The van der Waals surface area contributed by atoms with Crippen LogP contribution in [0.1, 0.15) is 6.42 Å². The highest BCUT2D eigenvalue weighted by Gasteiger charge is 2.01. The highest BCUT2D eigenvalue weighted by molar-refractivity contribution is 7.69. The van der Waals surface area contributed by atoms with Crippen LogP contribution in [0.15, 0.2) is 0 Å². The molecule has 0 fully saturated rings. The number of carboxylic acid groups (broad SMARTS) is 2. The number of aliphatic carboxylic acids is 2. The van der Waals surface area contributed by atoms with Crippen molar-refractivity contribution in [3.8, 4) is 0 Å². The van der Waals surface area contributed by atoms with Crippen molar-refractivity contribution in [1.82, 2.24) is 0 Å². The van der Waals surface area contributed by atoms with Crippen LogP contribution in [0.4, 0.5) is 0 Å². The SMILES string of the molecule is N[SH](=O)=O.O=C(O)CC(=O)O. The van der Waals surface area contributed by atoms with E-state index in [1.807, 2.05) is 0 Å². The molecule has 0 radical (unpaired) electrons. The summed E-state index contributed by atoms with van der Waals surface area (Å²) >= 11 is 0. The van der Waals surface area contributed by atoms with E-state index in [1.54, 1.807) is 0 Å². The van der Waals surface area contributed by atoms with Crippen molar-refractivity contribution in [3.05, 3.63) is 0 Å². The smallest absolute Gasteiger partial charge is 0.314 e. The topological polar surface area (TPSA) is 135 Å². The van der Waals surface area contributed by atoms with Crippen LogP contribution in [-0.2, 0) is 20.5 Å². The number of carbonyl (C=O) groups is 2. The molecule has 8 heteroatoms. The summed E-state index contributed by atoms with van der Waals surface area (Å²) in [6.45, 7) is 0. The minimum Gasteiger partial charge on any atom is -0.481 e. The van der Waals surface area contributed by atoms with Crippen molar-refractivity contribution < 1.29 is 28.2 Å². The Morgan fingerprint density at radius 1 is 1.18 bits per heavy atom. The second-order valence-electron chi connectivity index (χ2n) is 1.25.